The first kappa shape index (κ1) is 21.4. The quantitative estimate of drug-likeness (QED) is 0.418. The molecule has 8 heteroatoms. The molecule has 0 aliphatic carbocycles. The van der Waals surface area contributed by atoms with Crippen LogP contribution in [-0.2, 0) is 0 Å². The van der Waals surface area contributed by atoms with E-state index in [2.05, 4.69) is 15.4 Å². The molecule has 0 radical (unpaired) electrons. The molecule has 0 saturated heterocycles. The Balaban J connectivity index is 1.74. The number of carbonyl (C=O) groups excluding carboxylic acids is 1. The fourth-order valence-corrected chi connectivity index (χ4v) is 3.37. The van der Waals surface area contributed by atoms with Gasteiger partial charge in [-0.05, 0) is 55.5 Å². The van der Waals surface area contributed by atoms with Gasteiger partial charge in [-0.15, -0.1) is 5.10 Å². The highest BCUT2D eigenvalue weighted by Gasteiger charge is 2.20. The number of hydrogen-bond donors (Lipinski definition) is 1. The fourth-order valence-electron chi connectivity index (χ4n) is 3.18. The molecule has 0 spiro atoms. The summed E-state index contributed by atoms with van der Waals surface area (Å²) in [5.41, 5.74) is 1.99. The summed E-state index contributed by atoms with van der Waals surface area (Å²) in [5.74, 6) is 1.33. The average Bonchev–Trinajstić information content (AvgIpc) is 3.26. The smallest absolute Gasteiger partial charge is 0.295 e. The average molecular weight is 449 g/mol. The third kappa shape index (κ3) is 4.58. The lowest BCUT2D eigenvalue weighted by Gasteiger charge is -2.08. The Kier molecular flexibility index (Phi) is 6.37. The van der Waals surface area contributed by atoms with Crippen LogP contribution >= 0.6 is 11.6 Å². The lowest BCUT2D eigenvalue weighted by Crippen LogP contribution is -2.15. The first-order chi connectivity index (χ1) is 15.6. The van der Waals surface area contributed by atoms with Gasteiger partial charge >= 0.3 is 0 Å². The summed E-state index contributed by atoms with van der Waals surface area (Å²) in [5, 5.41) is 7.85. The van der Waals surface area contributed by atoms with Crippen molar-refractivity contribution in [3.05, 3.63) is 83.6 Å². The molecule has 0 aliphatic rings. The Morgan fingerprint density at radius 3 is 2.56 bits per heavy atom. The number of nitrogens with zero attached hydrogens (tertiary/aromatic N) is 3. The van der Waals surface area contributed by atoms with Crippen LogP contribution < -0.4 is 14.8 Å². The second-order valence-corrected chi connectivity index (χ2v) is 7.20. The number of amides is 1. The van der Waals surface area contributed by atoms with Crippen LogP contribution in [0.5, 0.6) is 11.5 Å². The van der Waals surface area contributed by atoms with Gasteiger partial charge in [-0.3, -0.25) is 4.79 Å². The molecule has 7 nitrogen and oxygen atoms in total. The van der Waals surface area contributed by atoms with Gasteiger partial charge in [0.1, 0.15) is 11.5 Å². The zero-order valence-corrected chi connectivity index (χ0v) is 18.3. The van der Waals surface area contributed by atoms with Crippen LogP contribution in [0.25, 0.3) is 17.1 Å². The summed E-state index contributed by atoms with van der Waals surface area (Å²) in [6.45, 7) is 2.50. The van der Waals surface area contributed by atoms with Gasteiger partial charge in [0, 0.05) is 10.6 Å². The SMILES string of the molecule is CCOc1ccc(-n2nc(C(=O)Nc3ccccc3OC)nc2-c2cccc(Cl)c2)cc1. The van der Waals surface area contributed by atoms with Gasteiger partial charge < -0.3 is 14.8 Å². The summed E-state index contributed by atoms with van der Waals surface area (Å²) >= 11 is 6.19. The van der Waals surface area contributed by atoms with Gasteiger partial charge in [-0.25, -0.2) is 9.67 Å². The largest absolute Gasteiger partial charge is 0.495 e. The third-order valence-electron chi connectivity index (χ3n) is 4.64. The first-order valence-corrected chi connectivity index (χ1v) is 10.4. The number of nitrogens with one attached hydrogen (secondary N) is 1. The molecule has 1 heterocycles. The molecule has 0 bridgehead atoms. The van der Waals surface area contributed by atoms with Crippen molar-refractivity contribution in [2.24, 2.45) is 0 Å². The minimum absolute atomic E-state index is 0.0137. The third-order valence-corrected chi connectivity index (χ3v) is 4.88. The second kappa shape index (κ2) is 9.53. The molecule has 0 aliphatic heterocycles. The van der Waals surface area contributed by atoms with Crippen LogP contribution in [0.4, 0.5) is 5.69 Å². The van der Waals surface area contributed by atoms with Gasteiger partial charge in [0.25, 0.3) is 5.91 Å². The molecule has 3 aromatic carbocycles. The van der Waals surface area contributed by atoms with Crippen LogP contribution in [0.1, 0.15) is 17.5 Å². The molecule has 0 fully saturated rings. The second-order valence-electron chi connectivity index (χ2n) is 6.76. The van der Waals surface area contributed by atoms with Gasteiger partial charge in [0.2, 0.25) is 5.82 Å². The van der Waals surface area contributed by atoms with E-state index in [1.54, 1.807) is 36.1 Å². The molecule has 4 rings (SSSR count). The van der Waals surface area contributed by atoms with Crippen molar-refractivity contribution in [2.45, 2.75) is 6.92 Å². The number of anilines is 1. The lowest BCUT2D eigenvalue weighted by atomic mass is 10.2. The maximum absolute atomic E-state index is 13.0. The van der Waals surface area contributed by atoms with Crippen molar-refractivity contribution in [3.63, 3.8) is 0 Å². The van der Waals surface area contributed by atoms with Gasteiger partial charge in [-0.1, -0.05) is 35.9 Å². The number of benzene rings is 3. The predicted molar refractivity (Wildman–Crippen MR) is 124 cm³/mol. The van der Waals surface area contributed by atoms with E-state index < -0.39 is 5.91 Å². The number of aromatic nitrogens is 3. The number of carbonyl (C=O) groups is 1. The summed E-state index contributed by atoms with van der Waals surface area (Å²) in [7, 11) is 1.54. The van der Waals surface area contributed by atoms with E-state index in [0.29, 0.717) is 28.9 Å². The molecule has 1 aromatic heterocycles. The van der Waals surface area contributed by atoms with Crippen molar-refractivity contribution in [3.8, 4) is 28.6 Å². The van der Waals surface area contributed by atoms with Crippen LogP contribution in [-0.4, -0.2) is 34.4 Å². The van der Waals surface area contributed by atoms with Crippen molar-refractivity contribution in [1.29, 1.82) is 0 Å². The van der Waals surface area contributed by atoms with Crippen molar-refractivity contribution in [1.82, 2.24) is 14.8 Å². The topological polar surface area (TPSA) is 78.3 Å². The van der Waals surface area contributed by atoms with Crippen LogP contribution in [0.2, 0.25) is 5.02 Å². The van der Waals surface area contributed by atoms with E-state index in [1.165, 1.54) is 0 Å². The number of ether oxygens (including phenoxy) is 2. The Morgan fingerprint density at radius 2 is 1.84 bits per heavy atom. The Bertz CT molecular complexity index is 1240. The fraction of sp³-hybridized carbons (Fsp3) is 0.125. The molecule has 162 valence electrons. The van der Waals surface area contributed by atoms with E-state index in [0.717, 1.165) is 17.0 Å². The minimum atomic E-state index is -0.456. The Morgan fingerprint density at radius 1 is 1.06 bits per heavy atom. The van der Waals surface area contributed by atoms with E-state index in [1.807, 2.05) is 55.5 Å². The molecular weight excluding hydrogens is 428 g/mol. The van der Waals surface area contributed by atoms with E-state index in [9.17, 15) is 4.79 Å². The number of halogens is 1. The zero-order valence-electron chi connectivity index (χ0n) is 17.6. The molecule has 32 heavy (non-hydrogen) atoms. The van der Waals surface area contributed by atoms with Gasteiger partial charge in [0.15, 0.2) is 5.82 Å². The van der Waals surface area contributed by atoms with Crippen LogP contribution in [0.3, 0.4) is 0 Å². The standard InChI is InChI=1S/C24H21ClN4O3/c1-3-32-19-13-11-18(12-14-19)29-23(16-7-6-8-17(25)15-16)27-22(28-29)24(30)26-20-9-4-5-10-21(20)31-2/h4-15H,3H2,1-2H3,(H,26,30). The predicted octanol–water partition coefficient (Wildman–Crippen LogP) is 5.25. The molecular formula is C24H21ClN4O3. The maximum atomic E-state index is 13.0. The van der Waals surface area contributed by atoms with Crippen LogP contribution in [0, 0.1) is 0 Å². The molecule has 1 N–H and O–H groups in total. The molecule has 0 saturated carbocycles. The number of methoxy groups -OCH3 is 1. The van der Waals surface area contributed by atoms with E-state index >= 15 is 0 Å². The molecule has 1 amide bonds. The number of hydrogen-bond acceptors (Lipinski definition) is 5. The van der Waals surface area contributed by atoms with E-state index in [-0.39, 0.29) is 5.82 Å². The maximum Gasteiger partial charge on any atom is 0.295 e. The lowest BCUT2D eigenvalue weighted by molar-refractivity contribution is 0.101. The van der Waals surface area contributed by atoms with Crippen LogP contribution in [0.15, 0.2) is 72.8 Å². The van der Waals surface area contributed by atoms with Crippen molar-refractivity contribution >= 4 is 23.2 Å². The molecule has 0 unspecified atom stereocenters. The summed E-state index contributed by atoms with van der Waals surface area (Å²) in [4.78, 5) is 17.5. The van der Waals surface area contributed by atoms with Crippen molar-refractivity contribution < 1.29 is 14.3 Å². The Labute approximate surface area is 190 Å². The minimum Gasteiger partial charge on any atom is -0.495 e. The monoisotopic (exact) mass is 448 g/mol. The number of rotatable bonds is 7. The highest BCUT2D eigenvalue weighted by molar-refractivity contribution is 6.30. The Hall–Kier alpha value is -3.84. The van der Waals surface area contributed by atoms with Gasteiger partial charge in [0.05, 0.1) is 25.1 Å². The zero-order chi connectivity index (χ0) is 22.5. The molecule has 0 atom stereocenters. The van der Waals surface area contributed by atoms with Crippen molar-refractivity contribution in [2.75, 3.05) is 19.0 Å². The normalized spacial score (nSPS) is 10.6. The van der Waals surface area contributed by atoms with E-state index in [4.69, 9.17) is 21.1 Å². The summed E-state index contributed by atoms with van der Waals surface area (Å²) < 4.78 is 12.4. The number of para-hydroxylation sites is 2. The highest BCUT2D eigenvalue weighted by Crippen LogP contribution is 2.27. The van der Waals surface area contributed by atoms with Gasteiger partial charge in [-0.2, -0.15) is 0 Å². The summed E-state index contributed by atoms with van der Waals surface area (Å²) in [6.07, 6.45) is 0. The summed E-state index contributed by atoms with van der Waals surface area (Å²) in [6, 6.07) is 21.8. The first-order valence-electron chi connectivity index (χ1n) is 9.99. The molecule has 4 aromatic rings. The highest BCUT2D eigenvalue weighted by atomic mass is 35.5.